The van der Waals surface area contributed by atoms with E-state index in [9.17, 15) is 4.79 Å². The van der Waals surface area contributed by atoms with E-state index in [0.717, 1.165) is 30.8 Å². The average molecular weight is 258 g/mol. The van der Waals surface area contributed by atoms with Crippen LogP contribution in [-0.2, 0) is 11.2 Å². The zero-order valence-electron chi connectivity index (χ0n) is 11.3. The second kappa shape index (κ2) is 5.33. The maximum absolute atomic E-state index is 11.0. The van der Waals surface area contributed by atoms with Crippen LogP contribution in [0.5, 0.6) is 0 Å². The van der Waals surface area contributed by atoms with Gasteiger partial charge in [0, 0.05) is 13.1 Å². The fourth-order valence-electron chi connectivity index (χ4n) is 3.99. The van der Waals surface area contributed by atoms with Crippen molar-refractivity contribution in [1.82, 2.24) is 4.90 Å². The number of nitrogens with zero attached hydrogens (tertiary/aromatic N) is 1. The standard InChI is InChI=1S/C16H22N2O/c17-16(19)11-18-9-14-7-6-13(15(14)10-18)8-12-4-2-1-3-5-12/h1-5,13-15H,6-11H2,(H2,17,19)/t13-,14-,15-/m1/s1. The topological polar surface area (TPSA) is 46.3 Å². The quantitative estimate of drug-likeness (QED) is 0.893. The summed E-state index contributed by atoms with van der Waals surface area (Å²) in [5.74, 6) is 2.14. The molecule has 3 atom stereocenters. The van der Waals surface area contributed by atoms with Crippen molar-refractivity contribution in [2.24, 2.45) is 23.5 Å². The van der Waals surface area contributed by atoms with Gasteiger partial charge in [0.2, 0.25) is 5.91 Å². The summed E-state index contributed by atoms with van der Waals surface area (Å²) < 4.78 is 0. The van der Waals surface area contributed by atoms with E-state index >= 15 is 0 Å². The van der Waals surface area contributed by atoms with Crippen molar-refractivity contribution in [2.75, 3.05) is 19.6 Å². The normalized spacial score (nSPS) is 30.4. The first-order chi connectivity index (χ1) is 9.22. The van der Waals surface area contributed by atoms with E-state index in [2.05, 4.69) is 35.2 Å². The van der Waals surface area contributed by atoms with Crippen molar-refractivity contribution in [3.63, 3.8) is 0 Å². The molecule has 0 unspecified atom stereocenters. The molecule has 1 aliphatic carbocycles. The third-order valence-electron chi connectivity index (χ3n) is 4.80. The van der Waals surface area contributed by atoms with E-state index in [1.54, 1.807) is 0 Å². The first kappa shape index (κ1) is 12.7. The van der Waals surface area contributed by atoms with Crippen molar-refractivity contribution in [1.29, 1.82) is 0 Å². The van der Waals surface area contributed by atoms with Crippen molar-refractivity contribution in [2.45, 2.75) is 19.3 Å². The molecule has 0 spiro atoms. The average Bonchev–Trinajstić information content (AvgIpc) is 2.92. The van der Waals surface area contributed by atoms with Gasteiger partial charge in [-0.2, -0.15) is 0 Å². The smallest absolute Gasteiger partial charge is 0.231 e. The third-order valence-corrected chi connectivity index (χ3v) is 4.80. The molecule has 2 fully saturated rings. The van der Waals surface area contributed by atoms with E-state index in [1.165, 1.54) is 24.8 Å². The van der Waals surface area contributed by atoms with E-state index in [4.69, 9.17) is 5.73 Å². The minimum absolute atomic E-state index is 0.195. The molecule has 3 nitrogen and oxygen atoms in total. The van der Waals surface area contributed by atoms with Crippen LogP contribution in [0.3, 0.4) is 0 Å². The van der Waals surface area contributed by atoms with Crippen LogP contribution in [0.4, 0.5) is 0 Å². The number of carbonyl (C=O) groups excluding carboxylic acids is 1. The van der Waals surface area contributed by atoms with Gasteiger partial charge in [0.05, 0.1) is 6.54 Å². The number of benzene rings is 1. The molecule has 1 saturated carbocycles. The number of hydrogen-bond donors (Lipinski definition) is 1. The lowest BCUT2D eigenvalue weighted by Crippen LogP contribution is -2.33. The Morgan fingerprint density at radius 1 is 1.21 bits per heavy atom. The van der Waals surface area contributed by atoms with Gasteiger partial charge in [-0.05, 0) is 42.6 Å². The van der Waals surface area contributed by atoms with E-state index in [-0.39, 0.29) is 5.91 Å². The fraction of sp³-hybridized carbons (Fsp3) is 0.562. The molecule has 102 valence electrons. The highest BCUT2D eigenvalue weighted by atomic mass is 16.1. The molecule has 3 heteroatoms. The number of amides is 1. The van der Waals surface area contributed by atoms with Crippen LogP contribution >= 0.6 is 0 Å². The first-order valence-corrected chi connectivity index (χ1v) is 7.27. The fourth-order valence-corrected chi connectivity index (χ4v) is 3.99. The Kier molecular flexibility index (Phi) is 3.56. The molecule has 1 aromatic rings. The van der Waals surface area contributed by atoms with Crippen molar-refractivity contribution in [3.05, 3.63) is 35.9 Å². The van der Waals surface area contributed by atoms with Crippen molar-refractivity contribution >= 4 is 5.91 Å². The predicted molar refractivity (Wildman–Crippen MR) is 75.5 cm³/mol. The van der Waals surface area contributed by atoms with Gasteiger partial charge in [0.25, 0.3) is 0 Å². The lowest BCUT2D eigenvalue weighted by atomic mass is 9.87. The Hall–Kier alpha value is -1.35. The first-order valence-electron chi connectivity index (χ1n) is 7.27. The van der Waals surface area contributed by atoms with Gasteiger partial charge in [-0.1, -0.05) is 30.3 Å². The highest BCUT2D eigenvalue weighted by molar-refractivity contribution is 5.75. The van der Waals surface area contributed by atoms with Crippen LogP contribution in [-0.4, -0.2) is 30.4 Å². The zero-order chi connectivity index (χ0) is 13.2. The van der Waals surface area contributed by atoms with Crippen molar-refractivity contribution < 1.29 is 4.79 Å². The Morgan fingerprint density at radius 2 is 2.00 bits per heavy atom. The number of likely N-dealkylation sites (tertiary alicyclic amines) is 1. The second-order valence-electron chi connectivity index (χ2n) is 6.11. The number of hydrogen-bond acceptors (Lipinski definition) is 2. The molecule has 3 rings (SSSR count). The molecule has 2 N–H and O–H groups in total. The van der Waals surface area contributed by atoms with Crippen LogP contribution in [0.2, 0.25) is 0 Å². The number of fused-ring (bicyclic) bond motifs is 1. The molecule has 1 saturated heterocycles. The highest BCUT2D eigenvalue weighted by Gasteiger charge is 2.42. The van der Waals surface area contributed by atoms with Crippen LogP contribution in [0.15, 0.2) is 30.3 Å². The number of primary amides is 1. The maximum Gasteiger partial charge on any atom is 0.231 e. The summed E-state index contributed by atoms with van der Waals surface area (Å²) >= 11 is 0. The van der Waals surface area contributed by atoms with Crippen LogP contribution in [0.1, 0.15) is 18.4 Å². The van der Waals surface area contributed by atoms with Gasteiger partial charge in [0.15, 0.2) is 0 Å². The van der Waals surface area contributed by atoms with Gasteiger partial charge in [-0.25, -0.2) is 0 Å². The summed E-state index contributed by atoms with van der Waals surface area (Å²) in [7, 11) is 0. The minimum Gasteiger partial charge on any atom is -0.369 e. The monoisotopic (exact) mass is 258 g/mol. The Bertz CT molecular complexity index is 445. The lowest BCUT2D eigenvalue weighted by molar-refractivity contribution is -0.119. The molecule has 0 radical (unpaired) electrons. The maximum atomic E-state index is 11.0. The summed E-state index contributed by atoms with van der Waals surface area (Å²) in [5.41, 5.74) is 6.75. The van der Waals surface area contributed by atoms with E-state index < -0.39 is 0 Å². The molecule has 0 bridgehead atoms. The molecule has 1 aliphatic heterocycles. The third kappa shape index (κ3) is 2.81. The minimum atomic E-state index is -0.195. The molecule has 19 heavy (non-hydrogen) atoms. The SMILES string of the molecule is NC(=O)CN1C[C@H]2CC[C@H](Cc3ccccc3)[C@H]2C1. The molecule has 0 aromatic heterocycles. The van der Waals surface area contributed by atoms with Gasteiger partial charge in [0.1, 0.15) is 0 Å². The molecular formula is C16H22N2O. The highest BCUT2D eigenvalue weighted by Crippen LogP contribution is 2.43. The second-order valence-corrected chi connectivity index (χ2v) is 6.11. The summed E-state index contributed by atoms with van der Waals surface area (Å²) in [6.07, 6.45) is 3.85. The molecule has 1 heterocycles. The van der Waals surface area contributed by atoms with Crippen LogP contribution < -0.4 is 5.73 Å². The van der Waals surface area contributed by atoms with Gasteiger partial charge < -0.3 is 5.73 Å². The van der Waals surface area contributed by atoms with Gasteiger partial charge >= 0.3 is 0 Å². The Labute approximate surface area is 114 Å². The number of nitrogens with two attached hydrogens (primary N) is 1. The van der Waals surface area contributed by atoms with Gasteiger partial charge in [-0.15, -0.1) is 0 Å². The summed E-state index contributed by atoms with van der Waals surface area (Å²) in [6.45, 7) is 2.56. The Morgan fingerprint density at radius 3 is 2.74 bits per heavy atom. The predicted octanol–water partition coefficient (Wildman–Crippen LogP) is 1.67. The largest absolute Gasteiger partial charge is 0.369 e. The summed E-state index contributed by atoms with van der Waals surface area (Å²) in [6, 6.07) is 10.8. The molecular weight excluding hydrogens is 236 g/mol. The molecule has 1 aromatic carbocycles. The summed E-state index contributed by atoms with van der Waals surface area (Å²) in [5, 5.41) is 0. The van der Waals surface area contributed by atoms with Crippen LogP contribution in [0.25, 0.3) is 0 Å². The summed E-state index contributed by atoms with van der Waals surface area (Å²) in [4.78, 5) is 13.3. The molecule has 1 amide bonds. The van der Waals surface area contributed by atoms with Crippen molar-refractivity contribution in [3.8, 4) is 0 Å². The van der Waals surface area contributed by atoms with E-state index in [1.807, 2.05) is 0 Å². The Balaban J connectivity index is 1.61. The number of rotatable bonds is 4. The van der Waals surface area contributed by atoms with E-state index in [0.29, 0.717) is 6.54 Å². The van der Waals surface area contributed by atoms with Crippen LogP contribution in [0, 0.1) is 17.8 Å². The number of carbonyl (C=O) groups is 1. The lowest BCUT2D eigenvalue weighted by Gasteiger charge is -2.20. The molecule has 2 aliphatic rings. The van der Waals surface area contributed by atoms with Gasteiger partial charge in [-0.3, -0.25) is 9.69 Å². The zero-order valence-corrected chi connectivity index (χ0v) is 11.3.